The van der Waals surface area contributed by atoms with E-state index in [9.17, 15) is 8.42 Å². The number of hydrogen-bond acceptors (Lipinski definition) is 5. The Morgan fingerprint density at radius 3 is 2.27 bits per heavy atom. The Bertz CT molecular complexity index is 898. The highest BCUT2D eigenvalue weighted by Gasteiger charge is 2.27. The molecule has 0 aliphatic rings. The van der Waals surface area contributed by atoms with Crippen molar-refractivity contribution in [3.63, 3.8) is 0 Å². The predicted molar refractivity (Wildman–Crippen MR) is 102 cm³/mol. The number of sulfonamides is 1. The third-order valence-corrected chi connectivity index (χ3v) is 5.73. The lowest BCUT2D eigenvalue weighted by Crippen LogP contribution is -2.31. The third kappa shape index (κ3) is 3.89. The van der Waals surface area contributed by atoms with Gasteiger partial charge in [-0.1, -0.05) is 17.7 Å². The average Bonchev–Trinajstić information content (AvgIpc) is 2.65. The first-order valence-electron chi connectivity index (χ1n) is 7.58. The maximum Gasteiger partial charge on any atom is 0.264 e. The van der Waals surface area contributed by atoms with Crippen LogP contribution in [0.5, 0.6) is 17.2 Å². The van der Waals surface area contributed by atoms with Crippen molar-refractivity contribution in [3.05, 3.63) is 54.1 Å². The zero-order chi connectivity index (χ0) is 19.3. The van der Waals surface area contributed by atoms with Crippen LogP contribution >= 0.6 is 11.6 Å². The van der Waals surface area contributed by atoms with Crippen molar-refractivity contribution < 1.29 is 22.6 Å². The molecule has 0 atom stereocenters. The molecule has 0 aliphatic heterocycles. The Balaban J connectivity index is 2.59. The monoisotopic (exact) mass is 397 g/mol. The zero-order valence-electron chi connectivity index (χ0n) is 14.7. The fourth-order valence-corrected chi connectivity index (χ4v) is 4.16. The van der Waals surface area contributed by atoms with E-state index < -0.39 is 10.0 Å². The number of anilines is 1. The highest BCUT2D eigenvalue weighted by molar-refractivity contribution is 7.92. The van der Waals surface area contributed by atoms with E-state index in [0.717, 1.165) is 0 Å². The molecule has 0 saturated carbocycles. The lowest BCUT2D eigenvalue weighted by atomic mass is 10.2. The highest BCUT2D eigenvalue weighted by atomic mass is 35.5. The maximum atomic E-state index is 13.2. The summed E-state index contributed by atoms with van der Waals surface area (Å²) in [5, 5.41) is 0.203. The van der Waals surface area contributed by atoms with Gasteiger partial charge in [0.2, 0.25) is 0 Å². The van der Waals surface area contributed by atoms with E-state index in [-0.39, 0.29) is 16.5 Å². The van der Waals surface area contributed by atoms with Gasteiger partial charge in [-0.3, -0.25) is 4.31 Å². The van der Waals surface area contributed by atoms with Crippen LogP contribution in [-0.2, 0) is 10.0 Å². The Morgan fingerprint density at radius 2 is 1.73 bits per heavy atom. The van der Waals surface area contributed by atoms with Crippen molar-refractivity contribution >= 4 is 27.3 Å². The van der Waals surface area contributed by atoms with Gasteiger partial charge in [-0.15, -0.1) is 6.58 Å². The molecule has 26 heavy (non-hydrogen) atoms. The molecule has 0 bridgehead atoms. The minimum atomic E-state index is -3.91. The summed E-state index contributed by atoms with van der Waals surface area (Å²) in [7, 11) is 0.525. The quantitative estimate of drug-likeness (QED) is 0.635. The molecule has 6 nitrogen and oxygen atoms in total. The van der Waals surface area contributed by atoms with Gasteiger partial charge in [0.05, 0.1) is 43.5 Å². The van der Waals surface area contributed by atoms with Crippen molar-refractivity contribution in [2.75, 3.05) is 32.2 Å². The number of rotatable bonds is 8. The summed E-state index contributed by atoms with van der Waals surface area (Å²) in [5.41, 5.74) is 0.361. The Hall–Kier alpha value is -2.38. The molecule has 8 heteroatoms. The van der Waals surface area contributed by atoms with Gasteiger partial charge in [0.25, 0.3) is 10.0 Å². The van der Waals surface area contributed by atoms with Crippen LogP contribution in [0.15, 0.2) is 53.9 Å². The summed E-state index contributed by atoms with van der Waals surface area (Å²) in [6, 6.07) is 9.18. The maximum absolute atomic E-state index is 13.2. The Labute approximate surface area is 158 Å². The second-order valence-electron chi connectivity index (χ2n) is 5.16. The summed E-state index contributed by atoms with van der Waals surface area (Å²) in [6.45, 7) is 3.70. The standard InChI is InChI=1S/C18H20ClNO5S/c1-5-10-20(16-8-6-13(23-2)11-18(16)25-4)26(21,22)14-7-9-17(24-3)15(19)12-14/h5-9,11-12H,1,10H2,2-4H3. The van der Waals surface area contributed by atoms with Gasteiger partial charge in [0.15, 0.2) is 0 Å². The molecule has 2 rings (SSSR count). The average molecular weight is 398 g/mol. The molecule has 0 amide bonds. The van der Waals surface area contributed by atoms with Crippen molar-refractivity contribution in [2.24, 2.45) is 0 Å². The minimum Gasteiger partial charge on any atom is -0.497 e. The van der Waals surface area contributed by atoms with Gasteiger partial charge in [0.1, 0.15) is 17.2 Å². The molecular weight excluding hydrogens is 378 g/mol. The van der Waals surface area contributed by atoms with Crippen LogP contribution < -0.4 is 18.5 Å². The predicted octanol–water partition coefficient (Wildman–Crippen LogP) is 3.75. The fourth-order valence-electron chi connectivity index (χ4n) is 2.37. The second kappa shape index (κ2) is 8.33. The van der Waals surface area contributed by atoms with Crippen molar-refractivity contribution in [2.45, 2.75) is 4.90 Å². The summed E-state index contributed by atoms with van der Waals surface area (Å²) < 4.78 is 43.1. The van der Waals surface area contributed by atoms with Gasteiger partial charge in [-0.25, -0.2) is 8.42 Å². The zero-order valence-corrected chi connectivity index (χ0v) is 16.3. The summed E-state index contributed by atoms with van der Waals surface area (Å²) in [5.74, 6) is 1.30. The molecule has 2 aromatic rings. The SMILES string of the molecule is C=CCN(c1ccc(OC)cc1OC)S(=O)(=O)c1ccc(OC)c(Cl)c1. The van der Waals surface area contributed by atoms with Gasteiger partial charge in [-0.05, 0) is 30.3 Å². The van der Waals surface area contributed by atoms with Gasteiger partial charge in [0, 0.05) is 6.07 Å². The Kier molecular flexibility index (Phi) is 6.39. The first-order chi connectivity index (χ1) is 12.4. The number of hydrogen-bond donors (Lipinski definition) is 0. The summed E-state index contributed by atoms with van der Waals surface area (Å²) >= 11 is 6.09. The second-order valence-corrected chi connectivity index (χ2v) is 7.43. The topological polar surface area (TPSA) is 65.1 Å². The molecule has 0 aromatic heterocycles. The van der Waals surface area contributed by atoms with Crippen LogP contribution in [0.3, 0.4) is 0 Å². The molecular formula is C18H20ClNO5S. The number of halogens is 1. The molecule has 0 aliphatic carbocycles. The Morgan fingerprint density at radius 1 is 1.04 bits per heavy atom. The summed E-state index contributed by atoms with van der Waals surface area (Å²) in [4.78, 5) is 0.0306. The number of ether oxygens (including phenoxy) is 3. The third-order valence-electron chi connectivity index (χ3n) is 3.66. The van der Waals surface area contributed by atoms with E-state index >= 15 is 0 Å². The van der Waals surface area contributed by atoms with Gasteiger partial charge in [-0.2, -0.15) is 0 Å². The molecule has 0 unspecified atom stereocenters. The van der Waals surface area contributed by atoms with E-state index in [1.54, 1.807) is 18.2 Å². The van der Waals surface area contributed by atoms with E-state index in [1.807, 2.05) is 0 Å². The van der Waals surface area contributed by atoms with Crippen molar-refractivity contribution in [1.29, 1.82) is 0 Å². The number of benzene rings is 2. The van der Waals surface area contributed by atoms with Crippen LogP contribution in [0, 0.1) is 0 Å². The van der Waals surface area contributed by atoms with Crippen LogP contribution in [0.4, 0.5) is 5.69 Å². The van der Waals surface area contributed by atoms with E-state index in [4.69, 9.17) is 25.8 Å². The molecule has 140 valence electrons. The fraction of sp³-hybridized carbons (Fsp3) is 0.222. The molecule has 0 spiro atoms. The molecule has 0 heterocycles. The smallest absolute Gasteiger partial charge is 0.264 e. The molecule has 2 aromatic carbocycles. The van der Waals surface area contributed by atoms with Crippen LogP contribution in [-0.4, -0.2) is 36.3 Å². The molecule has 0 radical (unpaired) electrons. The largest absolute Gasteiger partial charge is 0.497 e. The molecule has 0 N–H and O–H groups in total. The number of nitrogens with zero attached hydrogens (tertiary/aromatic N) is 1. The van der Waals surface area contributed by atoms with Gasteiger partial charge < -0.3 is 14.2 Å². The van der Waals surface area contributed by atoms with Crippen LogP contribution in [0.1, 0.15) is 0 Å². The van der Waals surface area contributed by atoms with Gasteiger partial charge >= 0.3 is 0 Å². The lowest BCUT2D eigenvalue weighted by Gasteiger charge is -2.25. The lowest BCUT2D eigenvalue weighted by molar-refractivity contribution is 0.395. The highest BCUT2D eigenvalue weighted by Crippen LogP contribution is 2.36. The van der Waals surface area contributed by atoms with Crippen LogP contribution in [0.25, 0.3) is 0 Å². The van der Waals surface area contributed by atoms with Crippen LogP contribution in [0.2, 0.25) is 5.02 Å². The minimum absolute atomic E-state index is 0.0306. The summed E-state index contributed by atoms with van der Waals surface area (Å²) in [6.07, 6.45) is 1.49. The molecule has 0 saturated heterocycles. The first-order valence-corrected chi connectivity index (χ1v) is 9.40. The first kappa shape index (κ1) is 19.9. The van der Waals surface area contributed by atoms with Crippen molar-refractivity contribution in [3.8, 4) is 17.2 Å². The van der Waals surface area contributed by atoms with Crippen molar-refractivity contribution in [1.82, 2.24) is 0 Å². The number of methoxy groups -OCH3 is 3. The van der Waals surface area contributed by atoms with E-state index in [2.05, 4.69) is 6.58 Å². The van der Waals surface area contributed by atoms with E-state index in [0.29, 0.717) is 22.9 Å². The van der Waals surface area contributed by atoms with E-state index in [1.165, 1.54) is 49.9 Å². The normalized spacial score (nSPS) is 10.9. The molecule has 0 fully saturated rings.